The first-order chi connectivity index (χ1) is 13.4. The van der Waals surface area contributed by atoms with Crippen molar-refractivity contribution in [3.05, 3.63) is 35.6 Å². The largest absolute Gasteiger partial charge is 0.464 e. The summed E-state index contributed by atoms with van der Waals surface area (Å²) in [5, 5.41) is 10.5. The molecule has 28 heavy (non-hydrogen) atoms. The molecule has 1 aromatic carbocycles. The van der Waals surface area contributed by atoms with Gasteiger partial charge in [-0.25, -0.2) is 0 Å². The molecule has 6 heteroatoms. The number of nitrogens with zero attached hydrogens (tertiary/aromatic N) is 2. The van der Waals surface area contributed by atoms with Gasteiger partial charge in [-0.1, -0.05) is 31.4 Å². The lowest BCUT2D eigenvalue weighted by molar-refractivity contribution is -0.160. The quantitative estimate of drug-likeness (QED) is 0.732. The molecule has 148 valence electrons. The molecule has 1 aliphatic carbocycles. The zero-order chi connectivity index (χ0) is 20.3. The van der Waals surface area contributed by atoms with Crippen molar-refractivity contribution in [2.24, 2.45) is 0 Å². The highest BCUT2D eigenvalue weighted by Gasteiger charge is 2.40. The number of nitriles is 1. The maximum atomic E-state index is 12.8. The number of hydrogen-bond donors (Lipinski definition) is 0. The molecule has 1 aromatic heterocycles. The van der Waals surface area contributed by atoms with E-state index >= 15 is 0 Å². The Labute approximate surface area is 165 Å². The first kappa shape index (κ1) is 19.9. The fourth-order valence-electron chi connectivity index (χ4n) is 3.91. The fourth-order valence-corrected chi connectivity index (χ4v) is 3.91. The second-order valence-corrected chi connectivity index (χ2v) is 7.67. The summed E-state index contributed by atoms with van der Waals surface area (Å²) in [5.74, 6) is -0.836. The number of esters is 1. The van der Waals surface area contributed by atoms with Crippen molar-refractivity contribution >= 4 is 22.8 Å². The number of fused-ring (bicyclic) bond motifs is 1. The van der Waals surface area contributed by atoms with Crippen LogP contribution in [0, 0.1) is 18.3 Å². The Morgan fingerprint density at radius 3 is 2.71 bits per heavy atom. The number of carbonyl (C=O) groups is 2. The van der Waals surface area contributed by atoms with Gasteiger partial charge in [-0.05, 0) is 38.3 Å². The molecule has 0 unspecified atom stereocenters. The third-order valence-electron chi connectivity index (χ3n) is 5.66. The van der Waals surface area contributed by atoms with Crippen molar-refractivity contribution in [1.82, 2.24) is 4.90 Å². The standard InChI is InChI=1S/C22H26N2O4/c1-15-7-8-18-17(13-27-19(18)11-15)12-20(25)28-16(2)21(26)24(3)22(14-23)9-5-4-6-10-22/h7-8,11,13,16H,4-6,9-10,12H2,1-3H3/t16-/m0/s1. The van der Waals surface area contributed by atoms with Crippen LogP contribution in [0.1, 0.15) is 50.2 Å². The Hall–Kier alpha value is -2.81. The third kappa shape index (κ3) is 3.89. The van der Waals surface area contributed by atoms with Crippen LogP contribution in [0.5, 0.6) is 0 Å². The monoisotopic (exact) mass is 382 g/mol. The number of furan rings is 1. The van der Waals surface area contributed by atoms with Crippen molar-refractivity contribution in [2.75, 3.05) is 7.05 Å². The number of ether oxygens (including phenoxy) is 1. The van der Waals surface area contributed by atoms with Gasteiger partial charge in [0.05, 0.1) is 18.8 Å². The molecule has 1 aliphatic rings. The van der Waals surface area contributed by atoms with E-state index in [1.165, 1.54) is 4.90 Å². The van der Waals surface area contributed by atoms with E-state index in [2.05, 4.69) is 6.07 Å². The van der Waals surface area contributed by atoms with Crippen LogP contribution in [0.25, 0.3) is 11.0 Å². The summed E-state index contributed by atoms with van der Waals surface area (Å²) in [5.41, 5.74) is 1.73. The van der Waals surface area contributed by atoms with Crippen LogP contribution in [0.4, 0.5) is 0 Å². The van der Waals surface area contributed by atoms with E-state index in [1.807, 2.05) is 25.1 Å². The van der Waals surface area contributed by atoms with Crippen molar-refractivity contribution in [3.63, 3.8) is 0 Å². The topological polar surface area (TPSA) is 83.5 Å². The van der Waals surface area contributed by atoms with Crippen molar-refractivity contribution in [2.45, 2.75) is 64.0 Å². The molecule has 0 saturated heterocycles. The number of aryl methyl sites for hydroxylation is 1. The number of carbonyl (C=O) groups excluding carboxylic acids is 2. The van der Waals surface area contributed by atoms with Gasteiger partial charge in [0.15, 0.2) is 6.10 Å². The molecule has 0 spiro atoms. The summed E-state index contributed by atoms with van der Waals surface area (Å²) < 4.78 is 10.9. The van der Waals surface area contributed by atoms with Crippen LogP contribution in [-0.4, -0.2) is 35.5 Å². The van der Waals surface area contributed by atoms with Crippen molar-refractivity contribution < 1.29 is 18.7 Å². The van der Waals surface area contributed by atoms with Gasteiger partial charge in [-0.3, -0.25) is 9.59 Å². The highest BCUT2D eigenvalue weighted by atomic mass is 16.5. The predicted octanol–water partition coefficient (Wildman–Crippen LogP) is 3.90. The summed E-state index contributed by atoms with van der Waals surface area (Å²) in [6.45, 7) is 3.53. The van der Waals surface area contributed by atoms with Gasteiger partial charge < -0.3 is 14.1 Å². The number of hydrogen-bond acceptors (Lipinski definition) is 5. The number of amides is 1. The SMILES string of the molecule is Cc1ccc2c(CC(=O)O[C@@H](C)C(=O)N(C)C3(C#N)CCCCC3)coc2c1. The summed E-state index contributed by atoms with van der Waals surface area (Å²) in [7, 11) is 1.63. The van der Waals surface area contributed by atoms with Crippen LogP contribution in [0.2, 0.25) is 0 Å². The smallest absolute Gasteiger partial charge is 0.311 e. The lowest BCUT2D eigenvalue weighted by Crippen LogP contribution is -2.53. The zero-order valence-corrected chi connectivity index (χ0v) is 16.7. The first-order valence-corrected chi connectivity index (χ1v) is 9.71. The average Bonchev–Trinajstić information content (AvgIpc) is 3.08. The number of rotatable bonds is 5. The van der Waals surface area contributed by atoms with E-state index in [9.17, 15) is 14.9 Å². The Balaban J connectivity index is 1.64. The van der Waals surface area contributed by atoms with Crippen LogP contribution < -0.4 is 0 Å². The van der Waals surface area contributed by atoms with E-state index in [0.29, 0.717) is 12.8 Å². The summed E-state index contributed by atoms with van der Waals surface area (Å²) >= 11 is 0. The predicted molar refractivity (Wildman–Crippen MR) is 104 cm³/mol. The molecule has 0 radical (unpaired) electrons. The Kier molecular flexibility index (Phi) is 5.73. The van der Waals surface area contributed by atoms with Gasteiger partial charge in [0.25, 0.3) is 5.91 Å². The highest BCUT2D eigenvalue weighted by Crippen LogP contribution is 2.33. The summed E-state index contributed by atoms with van der Waals surface area (Å²) in [6, 6.07) is 8.11. The average molecular weight is 382 g/mol. The molecule has 0 N–H and O–H groups in total. The van der Waals surface area contributed by atoms with Gasteiger partial charge in [0.2, 0.25) is 0 Å². The number of likely N-dealkylation sites (N-methyl/N-ethyl adjacent to an activating group) is 1. The molecule has 1 atom stereocenters. The Morgan fingerprint density at radius 2 is 2.04 bits per heavy atom. The van der Waals surface area contributed by atoms with Gasteiger partial charge in [-0.2, -0.15) is 5.26 Å². The minimum atomic E-state index is -0.940. The first-order valence-electron chi connectivity index (χ1n) is 9.71. The van der Waals surface area contributed by atoms with E-state index < -0.39 is 17.6 Å². The molecule has 1 fully saturated rings. The van der Waals surface area contributed by atoms with Crippen LogP contribution in [0.3, 0.4) is 0 Å². The molecular weight excluding hydrogens is 356 g/mol. The van der Waals surface area contributed by atoms with Gasteiger partial charge in [0.1, 0.15) is 11.1 Å². The lowest BCUT2D eigenvalue weighted by Gasteiger charge is -2.39. The Morgan fingerprint density at radius 1 is 1.32 bits per heavy atom. The van der Waals surface area contributed by atoms with Crippen molar-refractivity contribution in [3.8, 4) is 6.07 Å². The molecule has 0 aliphatic heterocycles. The van der Waals surface area contributed by atoms with Gasteiger partial charge in [-0.15, -0.1) is 0 Å². The van der Waals surface area contributed by atoms with Crippen LogP contribution >= 0.6 is 0 Å². The highest BCUT2D eigenvalue weighted by molar-refractivity contribution is 5.88. The maximum Gasteiger partial charge on any atom is 0.311 e. The van der Waals surface area contributed by atoms with E-state index in [1.54, 1.807) is 20.2 Å². The van der Waals surface area contributed by atoms with E-state index in [0.717, 1.165) is 41.4 Å². The maximum absolute atomic E-state index is 12.8. The Bertz CT molecular complexity index is 918. The number of benzene rings is 1. The third-order valence-corrected chi connectivity index (χ3v) is 5.66. The molecular formula is C22H26N2O4. The molecule has 1 saturated carbocycles. The van der Waals surface area contributed by atoms with Gasteiger partial charge >= 0.3 is 5.97 Å². The minimum absolute atomic E-state index is 0.0286. The summed E-state index contributed by atoms with van der Waals surface area (Å²) in [4.78, 5) is 26.6. The lowest BCUT2D eigenvalue weighted by atomic mass is 9.81. The van der Waals surface area contributed by atoms with E-state index in [4.69, 9.17) is 9.15 Å². The molecule has 0 bridgehead atoms. The molecule has 2 aromatic rings. The van der Waals surface area contributed by atoms with E-state index in [-0.39, 0.29) is 12.3 Å². The zero-order valence-electron chi connectivity index (χ0n) is 16.7. The second kappa shape index (κ2) is 8.05. The van der Waals surface area contributed by atoms with Crippen LogP contribution in [0.15, 0.2) is 28.9 Å². The van der Waals surface area contributed by atoms with Crippen molar-refractivity contribution in [1.29, 1.82) is 5.26 Å². The second-order valence-electron chi connectivity index (χ2n) is 7.67. The molecule has 3 rings (SSSR count). The minimum Gasteiger partial charge on any atom is -0.464 e. The molecule has 6 nitrogen and oxygen atoms in total. The fraction of sp³-hybridized carbons (Fsp3) is 0.500. The molecule has 1 heterocycles. The molecule has 1 amide bonds. The van der Waals surface area contributed by atoms with Gasteiger partial charge in [0, 0.05) is 18.0 Å². The summed E-state index contributed by atoms with van der Waals surface area (Å²) in [6.07, 6.45) is 4.88. The van der Waals surface area contributed by atoms with Crippen LogP contribution in [-0.2, 0) is 20.7 Å². The normalized spacial score (nSPS) is 16.9.